The van der Waals surface area contributed by atoms with Crippen LogP contribution in [0.3, 0.4) is 0 Å². The highest BCUT2D eigenvalue weighted by atomic mass is 79.9. The fraction of sp³-hybridized carbons (Fsp3) is 0.0667. The van der Waals surface area contributed by atoms with Gasteiger partial charge in [0.1, 0.15) is 11.3 Å². The second-order valence-electron chi connectivity index (χ2n) is 4.45. The second kappa shape index (κ2) is 5.50. The number of nitrogens with zero attached hydrogens (tertiary/aromatic N) is 1. The van der Waals surface area contributed by atoms with E-state index in [1.54, 1.807) is 18.2 Å². The van der Waals surface area contributed by atoms with Gasteiger partial charge in [-0.3, -0.25) is 0 Å². The van der Waals surface area contributed by atoms with Gasteiger partial charge in [-0.05, 0) is 46.6 Å². The maximum Gasteiger partial charge on any atom is 0.336 e. The van der Waals surface area contributed by atoms with Crippen molar-refractivity contribution in [2.45, 2.75) is 6.92 Å². The van der Waals surface area contributed by atoms with Crippen molar-refractivity contribution in [2.24, 2.45) is 0 Å². The first-order chi connectivity index (χ1) is 10.0. The third-order valence-corrected chi connectivity index (χ3v) is 3.69. The summed E-state index contributed by atoms with van der Waals surface area (Å²) in [4.78, 5) is 15.5. The van der Waals surface area contributed by atoms with Crippen molar-refractivity contribution in [3.8, 4) is 11.6 Å². The molecule has 0 atom stereocenters. The van der Waals surface area contributed by atoms with E-state index < -0.39 is 0 Å². The summed E-state index contributed by atoms with van der Waals surface area (Å²) in [5, 5.41) is 1.37. The van der Waals surface area contributed by atoms with Gasteiger partial charge in [0, 0.05) is 23.7 Å². The Balaban J connectivity index is 2.03. The van der Waals surface area contributed by atoms with E-state index in [0.29, 0.717) is 26.7 Å². The Labute approximate surface area is 133 Å². The first-order valence-electron chi connectivity index (χ1n) is 6.06. The van der Waals surface area contributed by atoms with Crippen molar-refractivity contribution in [3.05, 3.63) is 62.0 Å². The van der Waals surface area contributed by atoms with Crippen LogP contribution in [0.1, 0.15) is 5.56 Å². The summed E-state index contributed by atoms with van der Waals surface area (Å²) in [6.07, 6.45) is 1.49. The third kappa shape index (κ3) is 2.94. The van der Waals surface area contributed by atoms with E-state index in [1.807, 2.05) is 13.0 Å². The van der Waals surface area contributed by atoms with Crippen molar-refractivity contribution < 1.29 is 9.15 Å². The van der Waals surface area contributed by atoms with Crippen molar-refractivity contribution in [3.63, 3.8) is 0 Å². The quantitative estimate of drug-likeness (QED) is 0.617. The molecule has 21 heavy (non-hydrogen) atoms. The Kier molecular flexibility index (Phi) is 3.69. The van der Waals surface area contributed by atoms with Gasteiger partial charge in [-0.1, -0.05) is 11.6 Å². The van der Waals surface area contributed by atoms with Gasteiger partial charge in [-0.15, -0.1) is 0 Å². The van der Waals surface area contributed by atoms with Gasteiger partial charge in [0.25, 0.3) is 0 Å². The van der Waals surface area contributed by atoms with Crippen LogP contribution in [0.2, 0.25) is 5.02 Å². The van der Waals surface area contributed by atoms with Crippen LogP contribution in [0, 0.1) is 6.92 Å². The molecule has 0 aliphatic rings. The molecule has 0 saturated heterocycles. The van der Waals surface area contributed by atoms with E-state index in [1.165, 1.54) is 12.3 Å². The summed E-state index contributed by atoms with van der Waals surface area (Å²) < 4.78 is 11.5. The second-order valence-corrected chi connectivity index (χ2v) is 5.74. The molecule has 3 rings (SSSR count). The van der Waals surface area contributed by atoms with Crippen molar-refractivity contribution in [1.29, 1.82) is 0 Å². The van der Waals surface area contributed by atoms with Crippen LogP contribution >= 0.6 is 27.5 Å². The molecule has 0 saturated carbocycles. The Morgan fingerprint density at radius 3 is 2.86 bits per heavy atom. The lowest BCUT2D eigenvalue weighted by Gasteiger charge is -2.08. The molecule has 0 aliphatic carbocycles. The van der Waals surface area contributed by atoms with Gasteiger partial charge in [-0.2, -0.15) is 0 Å². The van der Waals surface area contributed by atoms with Crippen LogP contribution in [-0.4, -0.2) is 4.98 Å². The Hall–Kier alpha value is -1.85. The molecule has 4 nitrogen and oxygen atoms in total. The molecule has 106 valence electrons. The maximum atomic E-state index is 11.4. The van der Waals surface area contributed by atoms with Crippen LogP contribution < -0.4 is 10.4 Å². The smallest absolute Gasteiger partial charge is 0.336 e. The molecule has 0 bridgehead atoms. The summed E-state index contributed by atoms with van der Waals surface area (Å²) in [6, 6.07) is 8.44. The van der Waals surface area contributed by atoms with Gasteiger partial charge in [0.2, 0.25) is 5.88 Å². The predicted octanol–water partition coefficient (Wildman–Crippen LogP) is 4.70. The fourth-order valence-electron chi connectivity index (χ4n) is 1.96. The summed E-state index contributed by atoms with van der Waals surface area (Å²) in [5.41, 5.74) is 0.948. The average Bonchev–Trinajstić information content (AvgIpc) is 2.41. The molecule has 2 heterocycles. The van der Waals surface area contributed by atoms with Crippen LogP contribution in [0.15, 0.2) is 50.2 Å². The molecule has 0 radical (unpaired) electrons. The molecule has 6 heteroatoms. The topological polar surface area (TPSA) is 52.3 Å². The van der Waals surface area contributed by atoms with Crippen molar-refractivity contribution >= 4 is 38.5 Å². The predicted molar refractivity (Wildman–Crippen MR) is 84.2 cm³/mol. The number of halogens is 2. The summed E-state index contributed by atoms with van der Waals surface area (Å²) in [6.45, 7) is 1.86. The normalized spacial score (nSPS) is 10.8. The Morgan fingerprint density at radius 1 is 1.29 bits per heavy atom. The van der Waals surface area contributed by atoms with Crippen LogP contribution in [0.5, 0.6) is 11.6 Å². The van der Waals surface area contributed by atoms with Crippen LogP contribution in [0.4, 0.5) is 0 Å². The van der Waals surface area contributed by atoms with E-state index in [2.05, 4.69) is 20.9 Å². The van der Waals surface area contributed by atoms with Crippen LogP contribution in [0.25, 0.3) is 11.0 Å². The molecular weight excluding hydrogens is 358 g/mol. The summed E-state index contributed by atoms with van der Waals surface area (Å²) >= 11 is 9.17. The number of pyridine rings is 1. The van der Waals surface area contributed by atoms with Gasteiger partial charge >= 0.3 is 5.63 Å². The monoisotopic (exact) mass is 365 g/mol. The minimum atomic E-state index is -0.386. The number of aryl methyl sites for hydroxylation is 1. The molecule has 0 fully saturated rings. The number of aromatic nitrogens is 1. The minimum absolute atomic E-state index is 0.383. The number of benzene rings is 1. The maximum absolute atomic E-state index is 11.4. The van der Waals surface area contributed by atoms with Crippen molar-refractivity contribution in [2.75, 3.05) is 0 Å². The summed E-state index contributed by atoms with van der Waals surface area (Å²) in [5.74, 6) is 0.903. The number of hydrogen-bond donors (Lipinski definition) is 0. The molecule has 0 N–H and O–H groups in total. The van der Waals surface area contributed by atoms with E-state index >= 15 is 0 Å². The zero-order valence-corrected chi connectivity index (χ0v) is 13.2. The molecular formula is C15H9BrClNO3. The molecule has 0 aliphatic heterocycles. The Bertz CT molecular complexity index is 892. The van der Waals surface area contributed by atoms with Gasteiger partial charge in [-0.25, -0.2) is 9.78 Å². The highest BCUT2D eigenvalue weighted by molar-refractivity contribution is 9.10. The average molecular weight is 367 g/mol. The van der Waals surface area contributed by atoms with E-state index in [4.69, 9.17) is 20.8 Å². The van der Waals surface area contributed by atoms with Gasteiger partial charge in [0.15, 0.2) is 0 Å². The lowest BCUT2D eigenvalue weighted by atomic mass is 10.1. The minimum Gasteiger partial charge on any atom is -0.438 e. The largest absolute Gasteiger partial charge is 0.438 e. The molecule has 2 aromatic heterocycles. The van der Waals surface area contributed by atoms with E-state index in [9.17, 15) is 4.79 Å². The SMILES string of the molecule is Cc1cc(=O)oc2cc(Oc3ncc(Cl)cc3Br)ccc12. The lowest BCUT2D eigenvalue weighted by Crippen LogP contribution is -1.98. The number of rotatable bonds is 2. The standard InChI is InChI=1S/C15H9BrClNO3/c1-8-4-14(19)21-13-6-10(2-3-11(8)13)20-15-12(16)5-9(17)7-18-15/h2-7H,1H3. The highest BCUT2D eigenvalue weighted by Crippen LogP contribution is 2.31. The lowest BCUT2D eigenvalue weighted by molar-refractivity contribution is 0.458. The van der Waals surface area contributed by atoms with E-state index in [0.717, 1.165) is 10.9 Å². The fourth-order valence-corrected chi connectivity index (χ4v) is 2.68. The summed E-state index contributed by atoms with van der Waals surface area (Å²) in [7, 11) is 0. The highest BCUT2D eigenvalue weighted by Gasteiger charge is 2.08. The number of hydrogen-bond acceptors (Lipinski definition) is 4. The number of ether oxygens (including phenoxy) is 1. The van der Waals surface area contributed by atoms with Gasteiger partial charge < -0.3 is 9.15 Å². The third-order valence-electron chi connectivity index (χ3n) is 2.91. The van der Waals surface area contributed by atoms with Gasteiger partial charge in [0.05, 0.1) is 9.50 Å². The molecule has 0 spiro atoms. The number of fused-ring (bicyclic) bond motifs is 1. The zero-order chi connectivity index (χ0) is 15.0. The molecule has 1 aromatic carbocycles. The zero-order valence-electron chi connectivity index (χ0n) is 10.9. The molecule has 0 amide bonds. The molecule has 0 unspecified atom stereocenters. The van der Waals surface area contributed by atoms with Crippen molar-refractivity contribution in [1.82, 2.24) is 4.98 Å². The van der Waals surface area contributed by atoms with E-state index in [-0.39, 0.29) is 5.63 Å². The molecule has 3 aromatic rings. The Morgan fingerprint density at radius 2 is 2.10 bits per heavy atom. The first-order valence-corrected chi connectivity index (χ1v) is 7.23. The van der Waals surface area contributed by atoms with Crippen LogP contribution in [-0.2, 0) is 0 Å². The first kappa shape index (κ1) is 14.1.